The van der Waals surface area contributed by atoms with E-state index in [4.69, 9.17) is 0 Å². The Hall–Kier alpha value is -2.97. The molecule has 8 heteroatoms. The fourth-order valence-electron chi connectivity index (χ4n) is 3.17. The topological polar surface area (TPSA) is 109 Å². The molecule has 0 fully saturated rings. The number of benzene rings is 2. The summed E-state index contributed by atoms with van der Waals surface area (Å²) < 4.78 is 26.6. The maximum Gasteiger partial charge on any atom is 0.356 e. The summed E-state index contributed by atoms with van der Waals surface area (Å²) in [5.41, 5.74) is 2.09. The van der Waals surface area contributed by atoms with Crippen LogP contribution in [-0.4, -0.2) is 34.4 Å². The Morgan fingerprint density at radius 3 is 2.46 bits per heavy atom. The summed E-state index contributed by atoms with van der Waals surface area (Å²) in [5, 5.41) is 22.9. The molecule has 132 valence electrons. The lowest BCUT2D eigenvalue weighted by atomic mass is 10.1. The zero-order chi connectivity index (χ0) is 18.5. The van der Waals surface area contributed by atoms with E-state index in [0.717, 1.165) is 0 Å². The monoisotopic (exact) mass is 370 g/mol. The van der Waals surface area contributed by atoms with E-state index in [2.05, 4.69) is 5.10 Å². The number of hydrogen-bond acceptors (Lipinski definition) is 5. The third kappa shape index (κ3) is 2.42. The number of carboxylic acid groups (broad SMARTS) is 1. The highest BCUT2D eigenvalue weighted by molar-refractivity contribution is 7.90. The molecule has 2 aromatic carbocycles. The summed E-state index contributed by atoms with van der Waals surface area (Å²) in [5.74, 6) is -1.68. The van der Waals surface area contributed by atoms with Crippen molar-refractivity contribution in [3.05, 3.63) is 65.4 Å². The van der Waals surface area contributed by atoms with E-state index in [-0.39, 0.29) is 22.8 Å². The van der Waals surface area contributed by atoms with Crippen LogP contribution in [0.15, 0.2) is 53.4 Å². The van der Waals surface area contributed by atoms with Gasteiger partial charge in [0, 0.05) is 11.1 Å². The first-order valence-corrected chi connectivity index (χ1v) is 9.45. The van der Waals surface area contributed by atoms with Crippen molar-refractivity contribution >= 4 is 15.8 Å². The molecular weight excluding hydrogens is 356 g/mol. The third-order valence-corrected chi connectivity index (χ3v) is 6.06. The molecule has 2 N–H and O–H groups in total. The van der Waals surface area contributed by atoms with Crippen molar-refractivity contribution in [2.24, 2.45) is 0 Å². The molecule has 0 radical (unpaired) electrons. The second-order valence-corrected chi connectivity index (χ2v) is 7.93. The maximum absolute atomic E-state index is 12.6. The largest absolute Gasteiger partial charge is 0.476 e. The van der Waals surface area contributed by atoms with E-state index in [1.165, 1.54) is 10.7 Å². The average Bonchev–Trinajstić information content (AvgIpc) is 3.01. The van der Waals surface area contributed by atoms with Crippen LogP contribution in [0.3, 0.4) is 0 Å². The smallest absolute Gasteiger partial charge is 0.356 e. The fourth-order valence-corrected chi connectivity index (χ4v) is 4.76. The van der Waals surface area contributed by atoms with Crippen LogP contribution in [0.25, 0.3) is 16.9 Å². The molecule has 0 unspecified atom stereocenters. The Balaban J connectivity index is 2.04. The van der Waals surface area contributed by atoms with Crippen molar-refractivity contribution in [3.8, 4) is 16.9 Å². The zero-order valence-corrected chi connectivity index (χ0v) is 14.3. The van der Waals surface area contributed by atoms with E-state index in [1.54, 1.807) is 42.5 Å². The Bertz CT molecular complexity index is 1130. The van der Waals surface area contributed by atoms with E-state index in [1.807, 2.05) is 0 Å². The van der Waals surface area contributed by atoms with E-state index in [9.17, 15) is 23.4 Å². The molecule has 26 heavy (non-hydrogen) atoms. The molecule has 0 saturated carbocycles. The maximum atomic E-state index is 12.6. The molecule has 0 saturated heterocycles. The number of aromatic nitrogens is 2. The third-order valence-electron chi connectivity index (χ3n) is 4.36. The van der Waals surface area contributed by atoms with Crippen LogP contribution in [-0.2, 0) is 22.2 Å². The van der Waals surface area contributed by atoms with Crippen LogP contribution >= 0.6 is 0 Å². The number of hydrogen-bond donors (Lipinski definition) is 2. The van der Waals surface area contributed by atoms with Crippen LogP contribution in [0.2, 0.25) is 0 Å². The lowest BCUT2D eigenvalue weighted by Crippen LogP contribution is -2.15. The van der Waals surface area contributed by atoms with Crippen LogP contribution in [0.4, 0.5) is 0 Å². The zero-order valence-electron chi connectivity index (χ0n) is 13.5. The number of fused-ring (bicyclic) bond motifs is 3. The lowest BCUT2D eigenvalue weighted by Gasteiger charge is -2.18. The summed E-state index contributed by atoms with van der Waals surface area (Å²) in [6.07, 6.45) is 0. The predicted octanol–water partition coefficient (Wildman–Crippen LogP) is 2.02. The molecular formula is C18H14N2O5S. The van der Waals surface area contributed by atoms with Crippen molar-refractivity contribution in [3.63, 3.8) is 0 Å². The molecule has 2 heterocycles. The van der Waals surface area contributed by atoms with E-state index >= 15 is 0 Å². The first kappa shape index (κ1) is 16.5. The minimum absolute atomic E-state index is 0.112. The second kappa shape index (κ2) is 5.79. The van der Waals surface area contributed by atoms with Gasteiger partial charge in [-0.15, -0.1) is 0 Å². The van der Waals surface area contributed by atoms with Crippen molar-refractivity contribution in [2.45, 2.75) is 17.3 Å². The van der Waals surface area contributed by atoms with E-state index in [0.29, 0.717) is 22.5 Å². The second-order valence-electron chi connectivity index (χ2n) is 5.97. The fraction of sp³-hybridized carbons (Fsp3) is 0.111. The summed E-state index contributed by atoms with van der Waals surface area (Å²) in [6.45, 7) is -0.112. The SMILES string of the molecule is O=C(O)c1nn(-c2ccc(CO)cc2)c2c1CS(=O)(=O)c1ccccc1-2. The quantitative estimate of drug-likeness (QED) is 0.730. The molecule has 1 aromatic heterocycles. The minimum atomic E-state index is -3.64. The van der Waals surface area contributed by atoms with Gasteiger partial charge in [-0.05, 0) is 23.8 Å². The van der Waals surface area contributed by atoms with Crippen molar-refractivity contribution in [2.75, 3.05) is 0 Å². The van der Waals surface area contributed by atoms with Gasteiger partial charge in [0.05, 0.1) is 28.6 Å². The number of aliphatic hydroxyl groups is 1. The van der Waals surface area contributed by atoms with Crippen molar-refractivity contribution in [1.82, 2.24) is 9.78 Å². The average molecular weight is 370 g/mol. The summed E-state index contributed by atoms with van der Waals surface area (Å²) in [4.78, 5) is 11.8. The molecule has 0 aliphatic carbocycles. The Kier molecular flexibility index (Phi) is 3.67. The number of aliphatic hydroxyl groups excluding tert-OH is 1. The van der Waals surface area contributed by atoms with Crippen molar-refractivity contribution < 1.29 is 23.4 Å². The number of nitrogens with zero attached hydrogens (tertiary/aromatic N) is 2. The molecule has 1 aliphatic rings. The van der Waals surface area contributed by atoms with Crippen molar-refractivity contribution in [1.29, 1.82) is 0 Å². The van der Waals surface area contributed by atoms with Gasteiger partial charge < -0.3 is 10.2 Å². The number of aromatic carboxylic acids is 1. The predicted molar refractivity (Wildman–Crippen MR) is 92.8 cm³/mol. The van der Waals surface area contributed by atoms with Gasteiger partial charge in [-0.1, -0.05) is 30.3 Å². The van der Waals surface area contributed by atoms with Crippen LogP contribution in [0.1, 0.15) is 21.6 Å². The lowest BCUT2D eigenvalue weighted by molar-refractivity contribution is 0.0689. The number of sulfone groups is 1. The van der Waals surface area contributed by atoms with Gasteiger partial charge in [0.2, 0.25) is 0 Å². The van der Waals surface area contributed by atoms with Crippen LogP contribution in [0.5, 0.6) is 0 Å². The normalized spacial score (nSPS) is 14.5. The highest BCUT2D eigenvalue weighted by atomic mass is 32.2. The Morgan fingerprint density at radius 1 is 1.12 bits per heavy atom. The minimum Gasteiger partial charge on any atom is -0.476 e. The molecule has 1 aliphatic heterocycles. The standard InChI is InChI=1S/C18H14N2O5S/c21-9-11-5-7-12(8-6-11)20-17-13-3-1-2-4-15(13)26(24,25)10-14(17)16(19-20)18(22)23/h1-8,21H,9-10H2,(H,22,23). The number of carbonyl (C=O) groups is 1. The number of rotatable bonds is 3. The molecule has 0 atom stereocenters. The van der Waals surface area contributed by atoms with Gasteiger partial charge in [0.25, 0.3) is 0 Å². The van der Waals surface area contributed by atoms with Crippen LogP contribution < -0.4 is 0 Å². The molecule has 4 rings (SSSR count). The Labute approximate surface area is 149 Å². The van der Waals surface area contributed by atoms with Gasteiger partial charge in [0.15, 0.2) is 15.5 Å². The summed E-state index contributed by atoms with van der Waals surface area (Å²) in [7, 11) is -3.64. The molecule has 0 amide bonds. The Morgan fingerprint density at radius 2 is 1.81 bits per heavy atom. The summed E-state index contributed by atoms with van der Waals surface area (Å²) >= 11 is 0. The molecule has 7 nitrogen and oxygen atoms in total. The molecule has 0 bridgehead atoms. The number of carboxylic acids is 1. The first-order valence-electron chi connectivity index (χ1n) is 7.80. The molecule has 0 spiro atoms. The van der Waals surface area contributed by atoms with E-state index < -0.39 is 21.6 Å². The molecule has 3 aromatic rings. The van der Waals surface area contributed by atoms with Crippen LogP contribution in [0, 0.1) is 0 Å². The summed E-state index contributed by atoms with van der Waals surface area (Å²) in [6, 6.07) is 13.3. The highest BCUT2D eigenvalue weighted by Gasteiger charge is 2.35. The van der Waals surface area contributed by atoms with Gasteiger partial charge in [-0.2, -0.15) is 5.10 Å². The first-order chi connectivity index (χ1) is 12.4. The van der Waals surface area contributed by atoms with Gasteiger partial charge in [-0.3, -0.25) is 0 Å². The van der Waals surface area contributed by atoms with Gasteiger partial charge >= 0.3 is 5.97 Å². The van der Waals surface area contributed by atoms with Gasteiger partial charge in [-0.25, -0.2) is 17.9 Å². The highest BCUT2D eigenvalue weighted by Crippen LogP contribution is 2.40. The van der Waals surface area contributed by atoms with Gasteiger partial charge in [0.1, 0.15) is 0 Å².